The maximum atomic E-state index is 5.48. The number of rotatable bonds is 9. The number of hydrogen-bond donors (Lipinski definition) is 0. The topological polar surface area (TPSA) is 68.5 Å². The highest BCUT2D eigenvalue weighted by atomic mass is 16.5. The molecule has 1 aliphatic carbocycles. The number of tetrazole rings is 1. The lowest BCUT2D eigenvalue weighted by molar-refractivity contribution is 0.0770. The molecule has 1 aromatic heterocycles. The maximum Gasteiger partial charge on any atom is 0.173 e. The predicted molar refractivity (Wildman–Crippen MR) is 135 cm³/mol. The summed E-state index contributed by atoms with van der Waals surface area (Å²) in [6.07, 6.45) is 6.28. The Morgan fingerprint density at radius 3 is 2.37 bits per heavy atom. The van der Waals surface area contributed by atoms with Gasteiger partial charge in [0.15, 0.2) is 17.3 Å². The molecule has 1 saturated heterocycles. The molecule has 0 radical (unpaired) electrons. The van der Waals surface area contributed by atoms with Gasteiger partial charge < -0.3 is 9.47 Å². The lowest BCUT2D eigenvalue weighted by Gasteiger charge is -2.41. The van der Waals surface area contributed by atoms with Gasteiger partial charge in [0.05, 0.1) is 20.3 Å². The molecule has 8 nitrogen and oxygen atoms in total. The van der Waals surface area contributed by atoms with Crippen LogP contribution in [0.2, 0.25) is 0 Å². The molecule has 8 heteroatoms. The second-order valence-electron chi connectivity index (χ2n) is 9.52. The van der Waals surface area contributed by atoms with Crippen LogP contribution >= 0.6 is 0 Å². The van der Waals surface area contributed by atoms with Crippen LogP contribution in [-0.2, 0) is 13.0 Å². The minimum absolute atomic E-state index is 0.0438. The maximum absolute atomic E-state index is 5.48. The van der Waals surface area contributed by atoms with Crippen LogP contribution < -0.4 is 9.47 Å². The van der Waals surface area contributed by atoms with Crippen molar-refractivity contribution in [3.63, 3.8) is 0 Å². The molecule has 0 bridgehead atoms. The van der Waals surface area contributed by atoms with Gasteiger partial charge in [0.2, 0.25) is 0 Å². The summed E-state index contributed by atoms with van der Waals surface area (Å²) in [5.74, 6) is 2.38. The van der Waals surface area contributed by atoms with Gasteiger partial charge in [-0.25, -0.2) is 4.68 Å². The molecular formula is C27H36N6O2. The Hall–Kier alpha value is -2.97. The minimum atomic E-state index is 0.0438. The van der Waals surface area contributed by atoms with Crippen molar-refractivity contribution < 1.29 is 9.47 Å². The number of ether oxygens (including phenoxy) is 2. The van der Waals surface area contributed by atoms with E-state index in [4.69, 9.17) is 9.47 Å². The first kappa shape index (κ1) is 23.8. The summed E-state index contributed by atoms with van der Waals surface area (Å²) in [4.78, 5) is 5.25. The Bertz CT molecular complexity index is 1070. The lowest BCUT2D eigenvalue weighted by Crippen LogP contribution is -2.51. The number of hydrogen-bond acceptors (Lipinski definition) is 7. The Labute approximate surface area is 207 Å². The van der Waals surface area contributed by atoms with Crippen molar-refractivity contribution in [3.8, 4) is 11.5 Å². The van der Waals surface area contributed by atoms with Crippen LogP contribution in [-0.4, -0.2) is 76.4 Å². The molecule has 2 fully saturated rings. The fourth-order valence-electron chi connectivity index (χ4n) is 5.63. The molecule has 0 unspecified atom stereocenters. The number of piperazine rings is 1. The van der Waals surface area contributed by atoms with Crippen molar-refractivity contribution in [1.82, 2.24) is 30.0 Å². The van der Waals surface area contributed by atoms with E-state index in [-0.39, 0.29) is 6.04 Å². The lowest BCUT2D eigenvalue weighted by atomic mass is 10.0. The van der Waals surface area contributed by atoms with E-state index in [2.05, 4.69) is 61.7 Å². The van der Waals surface area contributed by atoms with Gasteiger partial charge in [0.1, 0.15) is 0 Å². The summed E-state index contributed by atoms with van der Waals surface area (Å²) in [6, 6.07) is 17.5. The average Bonchev–Trinajstić information content (AvgIpc) is 3.61. The van der Waals surface area contributed by atoms with E-state index in [1.54, 1.807) is 14.2 Å². The molecule has 3 aromatic rings. The van der Waals surface area contributed by atoms with Gasteiger partial charge in [-0.15, -0.1) is 5.10 Å². The minimum Gasteiger partial charge on any atom is -0.493 e. The van der Waals surface area contributed by atoms with Crippen LogP contribution in [0.15, 0.2) is 48.5 Å². The number of aromatic nitrogens is 4. The smallest absolute Gasteiger partial charge is 0.173 e. The zero-order valence-corrected chi connectivity index (χ0v) is 20.8. The van der Waals surface area contributed by atoms with Crippen LogP contribution in [0, 0.1) is 0 Å². The quantitative estimate of drug-likeness (QED) is 0.468. The summed E-state index contributed by atoms with van der Waals surface area (Å²) in [6.45, 7) is 4.98. The monoisotopic (exact) mass is 476 g/mol. The number of nitrogens with zero attached hydrogens (tertiary/aromatic N) is 6. The van der Waals surface area contributed by atoms with Gasteiger partial charge in [0.25, 0.3) is 0 Å². The molecule has 2 aromatic carbocycles. The predicted octanol–water partition coefficient (Wildman–Crippen LogP) is 3.58. The first-order valence-corrected chi connectivity index (χ1v) is 12.8. The SMILES string of the molecule is COc1ccc(CCn2nnnc2[C@H](c2ccccc2)N2CCN(C3CCCC3)CC2)cc1OC. The van der Waals surface area contributed by atoms with Gasteiger partial charge in [0, 0.05) is 38.8 Å². The zero-order chi connectivity index (χ0) is 24.0. The summed E-state index contributed by atoms with van der Waals surface area (Å²) >= 11 is 0. The normalized spacial score (nSPS) is 18.6. The van der Waals surface area contributed by atoms with E-state index in [0.717, 1.165) is 61.5 Å². The molecule has 5 rings (SSSR count). The molecule has 2 heterocycles. The van der Waals surface area contributed by atoms with E-state index in [9.17, 15) is 0 Å². The van der Waals surface area contributed by atoms with Gasteiger partial charge in [-0.2, -0.15) is 0 Å². The second kappa shape index (κ2) is 11.2. The third-order valence-electron chi connectivity index (χ3n) is 7.53. The molecule has 1 aliphatic heterocycles. The van der Waals surface area contributed by atoms with Gasteiger partial charge in [-0.1, -0.05) is 49.2 Å². The Morgan fingerprint density at radius 2 is 1.66 bits per heavy atom. The summed E-state index contributed by atoms with van der Waals surface area (Å²) in [5, 5.41) is 13.0. The molecular weight excluding hydrogens is 440 g/mol. The molecule has 0 amide bonds. The Morgan fingerprint density at radius 1 is 0.914 bits per heavy atom. The van der Waals surface area contributed by atoms with Gasteiger partial charge in [-0.3, -0.25) is 9.80 Å². The highest BCUT2D eigenvalue weighted by molar-refractivity contribution is 5.42. The van der Waals surface area contributed by atoms with E-state index < -0.39 is 0 Å². The fraction of sp³-hybridized carbons (Fsp3) is 0.519. The van der Waals surface area contributed by atoms with Crippen LogP contribution in [0.4, 0.5) is 0 Å². The zero-order valence-electron chi connectivity index (χ0n) is 20.8. The largest absolute Gasteiger partial charge is 0.493 e. The van der Waals surface area contributed by atoms with Crippen LogP contribution in [0.3, 0.4) is 0 Å². The molecule has 2 aliphatic rings. The van der Waals surface area contributed by atoms with E-state index in [1.807, 2.05) is 16.8 Å². The van der Waals surface area contributed by atoms with Crippen molar-refractivity contribution in [1.29, 1.82) is 0 Å². The summed E-state index contributed by atoms with van der Waals surface area (Å²) in [7, 11) is 3.32. The third-order valence-corrected chi connectivity index (χ3v) is 7.53. The van der Waals surface area contributed by atoms with E-state index >= 15 is 0 Å². The molecule has 1 atom stereocenters. The number of aryl methyl sites for hydroxylation is 2. The van der Waals surface area contributed by atoms with Crippen LogP contribution in [0.5, 0.6) is 11.5 Å². The first-order chi connectivity index (χ1) is 17.3. The molecule has 0 N–H and O–H groups in total. The van der Waals surface area contributed by atoms with E-state index in [1.165, 1.54) is 31.2 Å². The number of methoxy groups -OCH3 is 2. The Kier molecular flexibility index (Phi) is 7.59. The highest BCUT2D eigenvalue weighted by Gasteiger charge is 2.32. The first-order valence-electron chi connectivity index (χ1n) is 12.8. The van der Waals surface area contributed by atoms with Crippen molar-refractivity contribution in [2.24, 2.45) is 0 Å². The van der Waals surface area contributed by atoms with E-state index in [0.29, 0.717) is 6.54 Å². The molecule has 186 valence electrons. The molecule has 1 saturated carbocycles. The Balaban J connectivity index is 1.34. The summed E-state index contributed by atoms with van der Waals surface area (Å²) < 4.78 is 12.8. The van der Waals surface area contributed by atoms with Crippen molar-refractivity contribution in [2.45, 2.75) is 50.7 Å². The standard InChI is InChI=1S/C27H36N6O2/c1-34-24-13-12-21(20-25(24)35-2)14-15-33-27(28-29-30-33)26(22-8-4-3-5-9-22)32-18-16-31(17-19-32)23-10-6-7-11-23/h3-5,8-9,12-13,20,23,26H,6-7,10-11,14-19H2,1-2H3/t26-/m0/s1. The van der Waals surface area contributed by atoms with Crippen LogP contribution in [0.1, 0.15) is 48.7 Å². The third kappa shape index (κ3) is 5.33. The highest BCUT2D eigenvalue weighted by Crippen LogP contribution is 2.31. The molecule has 35 heavy (non-hydrogen) atoms. The van der Waals surface area contributed by atoms with Gasteiger partial charge >= 0.3 is 0 Å². The second-order valence-corrected chi connectivity index (χ2v) is 9.52. The molecule has 0 spiro atoms. The van der Waals surface area contributed by atoms with Crippen LogP contribution in [0.25, 0.3) is 0 Å². The van der Waals surface area contributed by atoms with Crippen molar-refractivity contribution in [3.05, 3.63) is 65.5 Å². The van der Waals surface area contributed by atoms with Crippen molar-refractivity contribution in [2.75, 3.05) is 40.4 Å². The number of benzene rings is 2. The van der Waals surface area contributed by atoms with Gasteiger partial charge in [-0.05, 0) is 52.9 Å². The average molecular weight is 477 g/mol. The fourth-order valence-corrected chi connectivity index (χ4v) is 5.63. The summed E-state index contributed by atoms with van der Waals surface area (Å²) in [5.41, 5.74) is 2.40. The van der Waals surface area contributed by atoms with Crippen molar-refractivity contribution >= 4 is 0 Å².